The second-order valence-corrected chi connectivity index (χ2v) is 9.83. The van der Waals surface area contributed by atoms with Crippen LogP contribution in [-0.4, -0.2) is 32.1 Å². The molecule has 37 heavy (non-hydrogen) atoms. The highest BCUT2D eigenvalue weighted by Crippen LogP contribution is 2.43. The summed E-state index contributed by atoms with van der Waals surface area (Å²) in [4.78, 5) is 27.5. The lowest BCUT2D eigenvalue weighted by Crippen LogP contribution is -2.29. The lowest BCUT2D eigenvalue weighted by Gasteiger charge is -2.22. The van der Waals surface area contributed by atoms with E-state index >= 15 is 0 Å². The maximum Gasteiger partial charge on any atom is 0.301 e. The number of aliphatic hydroxyl groups excluding tert-OH is 1. The molecule has 2 heterocycles. The molecule has 8 nitrogen and oxygen atoms in total. The van der Waals surface area contributed by atoms with E-state index in [-0.39, 0.29) is 22.2 Å². The van der Waals surface area contributed by atoms with Crippen LogP contribution in [0.5, 0.6) is 11.5 Å². The number of ketones is 1. The van der Waals surface area contributed by atoms with Crippen molar-refractivity contribution in [3.8, 4) is 11.5 Å². The number of carbonyl (C=O) groups is 2. The van der Waals surface area contributed by atoms with Crippen molar-refractivity contribution in [3.05, 3.63) is 106 Å². The zero-order valence-corrected chi connectivity index (χ0v) is 20.9. The van der Waals surface area contributed by atoms with Gasteiger partial charge in [-0.2, -0.15) is 0 Å². The van der Waals surface area contributed by atoms with Crippen molar-refractivity contribution in [3.63, 3.8) is 0 Å². The minimum atomic E-state index is -0.940. The number of ether oxygens (including phenoxy) is 1. The van der Waals surface area contributed by atoms with Crippen LogP contribution in [-0.2, 0) is 16.2 Å². The van der Waals surface area contributed by atoms with E-state index in [2.05, 4.69) is 10.2 Å². The first-order chi connectivity index (χ1) is 17.8. The smallest absolute Gasteiger partial charge is 0.301 e. The molecule has 2 N–H and O–H groups in total. The zero-order valence-electron chi connectivity index (χ0n) is 20.1. The number of aromatic hydroxyl groups is 1. The van der Waals surface area contributed by atoms with Crippen molar-refractivity contribution in [2.24, 2.45) is 0 Å². The first-order valence-electron chi connectivity index (χ1n) is 11.5. The standard InChI is InChI=1S/C28H23N3O5S/c1-16-4-3-5-18(14-16)15-36-22-12-8-20(9-13-22)25(33)23-24(19-6-10-21(32)11-7-19)31(27(35)26(23)34)28-30-29-17(2)37-28/h3-14,24,32-33H,15H2,1-2H3/b25-23-. The van der Waals surface area contributed by atoms with Crippen LogP contribution in [0.1, 0.15) is 33.3 Å². The van der Waals surface area contributed by atoms with Crippen LogP contribution < -0.4 is 9.64 Å². The lowest BCUT2D eigenvalue weighted by atomic mass is 9.95. The molecule has 0 spiro atoms. The predicted molar refractivity (Wildman–Crippen MR) is 139 cm³/mol. The number of anilines is 1. The molecule has 1 unspecified atom stereocenters. The Kier molecular flexibility index (Phi) is 6.45. The number of aliphatic hydroxyl groups is 1. The summed E-state index contributed by atoms with van der Waals surface area (Å²) in [7, 11) is 0. The number of nitrogens with zero attached hydrogens (tertiary/aromatic N) is 3. The number of rotatable bonds is 6. The number of benzene rings is 3. The molecule has 0 saturated carbocycles. The van der Waals surface area contributed by atoms with Gasteiger partial charge >= 0.3 is 5.91 Å². The van der Waals surface area contributed by atoms with Crippen molar-refractivity contribution >= 4 is 33.9 Å². The van der Waals surface area contributed by atoms with Crippen LogP contribution in [0.3, 0.4) is 0 Å². The summed E-state index contributed by atoms with van der Waals surface area (Å²) in [6.45, 7) is 4.15. The van der Waals surface area contributed by atoms with Gasteiger partial charge in [-0.1, -0.05) is 53.3 Å². The van der Waals surface area contributed by atoms with Gasteiger partial charge in [0.15, 0.2) is 0 Å². The highest BCUT2D eigenvalue weighted by atomic mass is 32.1. The minimum Gasteiger partial charge on any atom is -0.508 e. The summed E-state index contributed by atoms with van der Waals surface area (Å²) < 4.78 is 5.86. The van der Waals surface area contributed by atoms with Crippen molar-refractivity contribution in [1.82, 2.24) is 10.2 Å². The van der Waals surface area contributed by atoms with Gasteiger partial charge < -0.3 is 14.9 Å². The van der Waals surface area contributed by atoms with Gasteiger partial charge in [-0.05, 0) is 61.4 Å². The monoisotopic (exact) mass is 513 g/mol. The Morgan fingerprint density at radius 1 is 1.00 bits per heavy atom. The summed E-state index contributed by atoms with van der Waals surface area (Å²) >= 11 is 1.17. The fraction of sp³-hybridized carbons (Fsp3) is 0.143. The highest BCUT2D eigenvalue weighted by molar-refractivity contribution is 7.15. The maximum absolute atomic E-state index is 13.2. The van der Waals surface area contributed by atoms with Crippen LogP contribution in [0.2, 0.25) is 0 Å². The van der Waals surface area contributed by atoms with E-state index in [1.165, 1.54) is 28.4 Å². The van der Waals surface area contributed by atoms with E-state index in [1.54, 1.807) is 43.3 Å². The van der Waals surface area contributed by atoms with Gasteiger partial charge in [-0.15, -0.1) is 10.2 Å². The Morgan fingerprint density at radius 2 is 1.73 bits per heavy atom. The molecule has 0 aliphatic carbocycles. The SMILES string of the molecule is Cc1cccc(COc2ccc(/C(O)=C3/C(=O)C(=O)N(c4nnc(C)s4)C3c3ccc(O)cc3)cc2)c1. The van der Waals surface area contributed by atoms with E-state index < -0.39 is 17.7 Å². The topological polar surface area (TPSA) is 113 Å². The lowest BCUT2D eigenvalue weighted by molar-refractivity contribution is -0.132. The molecule has 186 valence electrons. The number of hydrogen-bond acceptors (Lipinski definition) is 8. The summed E-state index contributed by atoms with van der Waals surface area (Å²) in [6, 6.07) is 19.9. The first-order valence-corrected chi connectivity index (χ1v) is 12.3. The average Bonchev–Trinajstić information content (AvgIpc) is 3.43. The number of Topliss-reactive ketones (excluding diaryl/α,β-unsaturated/α-hetero) is 1. The summed E-state index contributed by atoms with van der Waals surface area (Å²) in [5.74, 6) is -1.32. The minimum absolute atomic E-state index is 0.0358. The van der Waals surface area contributed by atoms with Gasteiger partial charge in [0.05, 0.1) is 11.6 Å². The van der Waals surface area contributed by atoms with Crippen LogP contribution >= 0.6 is 11.3 Å². The van der Waals surface area contributed by atoms with Crippen LogP contribution in [0.4, 0.5) is 5.13 Å². The van der Waals surface area contributed by atoms with Crippen LogP contribution in [0, 0.1) is 13.8 Å². The number of amides is 1. The second-order valence-electron chi connectivity index (χ2n) is 8.67. The zero-order chi connectivity index (χ0) is 26.1. The van der Waals surface area contributed by atoms with Gasteiger partial charge in [-0.3, -0.25) is 14.5 Å². The molecule has 1 fully saturated rings. The summed E-state index contributed by atoms with van der Waals surface area (Å²) in [5, 5.41) is 29.9. The third kappa shape index (κ3) is 4.81. The molecule has 9 heteroatoms. The molecular formula is C28H23N3O5S. The van der Waals surface area contributed by atoms with Crippen molar-refractivity contribution in [1.29, 1.82) is 0 Å². The Labute approximate surface area is 217 Å². The van der Waals surface area contributed by atoms with E-state index in [4.69, 9.17) is 4.74 Å². The molecular weight excluding hydrogens is 490 g/mol. The fourth-order valence-corrected chi connectivity index (χ4v) is 4.93. The number of carbonyl (C=O) groups excluding carboxylic acids is 2. The average molecular weight is 514 g/mol. The second kappa shape index (κ2) is 9.87. The molecule has 4 aromatic rings. The number of aromatic nitrogens is 2. The number of hydrogen-bond donors (Lipinski definition) is 2. The molecule has 0 radical (unpaired) electrons. The molecule has 5 rings (SSSR count). The van der Waals surface area contributed by atoms with E-state index in [1.807, 2.05) is 31.2 Å². The molecule has 1 amide bonds. The first kappa shape index (κ1) is 24.2. The molecule has 3 aromatic carbocycles. The molecule has 1 saturated heterocycles. The van der Waals surface area contributed by atoms with E-state index in [0.29, 0.717) is 28.5 Å². The van der Waals surface area contributed by atoms with Crippen LogP contribution in [0.15, 0.2) is 78.4 Å². The maximum atomic E-state index is 13.2. The molecule has 0 bridgehead atoms. The third-order valence-corrected chi connectivity index (χ3v) is 6.83. The Bertz CT molecular complexity index is 1510. The number of aryl methyl sites for hydroxylation is 2. The fourth-order valence-electron chi connectivity index (χ4n) is 4.22. The van der Waals surface area contributed by atoms with Crippen molar-refractivity contribution in [2.45, 2.75) is 26.5 Å². The summed E-state index contributed by atoms with van der Waals surface area (Å²) in [5.41, 5.74) is 3.00. The van der Waals surface area contributed by atoms with Gasteiger partial charge in [0.25, 0.3) is 5.78 Å². The largest absolute Gasteiger partial charge is 0.508 e. The quantitative estimate of drug-likeness (QED) is 0.210. The Morgan fingerprint density at radius 3 is 2.38 bits per heavy atom. The van der Waals surface area contributed by atoms with Crippen molar-refractivity contribution < 1.29 is 24.5 Å². The third-order valence-electron chi connectivity index (χ3n) is 5.99. The Hall–Kier alpha value is -4.50. The number of phenolic OH excluding ortho intramolecular Hbond substituents is 1. The Balaban J connectivity index is 1.50. The highest BCUT2D eigenvalue weighted by Gasteiger charge is 2.48. The normalized spacial score (nSPS) is 16.8. The van der Waals surface area contributed by atoms with Gasteiger partial charge in [-0.25, -0.2) is 0 Å². The van der Waals surface area contributed by atoms with Gasteiger partial charge in [0, 0.05) is 5.56 Å². The van der Waals surface area contributed by atoms with E-state index in [9.17, 15) is 19.8 Å². The van der Waals surface area contributed by atoms with Crippen molar-refractivity contribution in [2.75, 3.05) is 4.90 Å². The summed E-state index contributed by atoms with van der Waals surface area (Å²) in [6.07, 6.45) is 0. The molecule has 1 atom stereocenters. The molecule has 1 aliphatic heterocycles. The van der Waals surface area contributed by atoms with Gasteiger partial charge in [0.1, 0.15) is 28.9 Å². The van der Waals surface area contributed by atoms with E-state index in [0.717, 1.165) is 11.1 Å². The molecule has 1 aromatic heterocycles. The number of phenols is 1. The predicted octanol–water partition coefficient (Wildman–Crippen LogP) is 5.07. The van der Waals surface area contributed by atoms with Crippen LogP contribution in [0.25, 0.3) is 5.76 Å². The van der Waals surface area contributed by atoms with Gasteiger partial charge in [0.2, 0.25) is 5.13 Å². The molecule has 1 aliphatic rings.